The summed E-state index contributed by atoms with van der Waals surface area (Å²) in [6.45, 7) is 7.89. The molecule has 7 heteroatoms. The molecule has 1 heterocycles. The van der Waals surface area contributed by atoms with Crippen LogP contribution in [0.1, 0.15) is 13.8 Å². The maximum absolute atomic E-state index is 5.81. The van der Waals surface area contributed by atoms with Crippen LogP contribution in [0.3, 0.4) is 0 Å². The summed E-state index contributed by atoms with van der Waals surface area (Å²) in [6, 6.07) is 0. The highest BCUT2D eigenvalue weighted by atomic mass is 16.5. The summed E-state index contributed by atoms with van der Waals surface area (Å²) in [6.07, 6.45) is 1.43. The lowest BCUT2D eigenvalue weighted by atomic mass is 10.4. The molecule has 1 aromatic rings. The van der Waals surface area contributed by atoms with Gasteiger partial charge in [0.15, 0.2) is 11.6 Å². The van der Waals surface area contributed by atoms with Gasteiger partial charge in [0.2, 0.25) is 5.75 Å². The van der Waals surface area contributed by atoms with Crippen molar-refractivity contribution < 1.29 is 14.2 Å². The minimum absolute atomic E-state index is 0.329. The molecular weight excluding hydrogens is 260 g/mol. The Morgan fingerprint density at radius 3 is 2.20 bits per heavy atom. The van der Waals surface area contributed by atoms with Crippen LogP contribution in [0, 0.1) is 0 Å². The SMILES string of the molecule is CCOCCN(CCOCC)c1ncnc(N)c1OC. The minimum Gasteiger partial charge on any atom is -0.490 e. The summed E-state index contributed by atoms with van der Waals surface area (Å²) in [5.41, 5.74) is 5.81. The van der Waals surface area contributed by atoms with Crippen LogP contribution in [0.2, 0.25) is 0 Å². The van der Waals surface area contributed by atoms with Gasteiger partial charge in [-0.3, -0.25) is 0 Å². The van der Waals surface area contributed by atoms with Crippen molar-refractivity contribution in [3.05, 3.63) is 6.33 Å². The van der Waals surface area contributed by atoms with Crippen LogP contribution in [-0.4, -0.2) is 56.6 Å². The summed E-state index contributed by atoms with van der Waals surface area (Å²) >= 11 is 0. The number of nitrogens with zero attached hydrogens (tertiary/aromatic N) is 3. The summed E-state index contributed by atoms with van der Waals surface area (Å²) in [5.74, 6) is 1.48. The third kappa shape index (κ3) is 4.82. The Morgan fingerprint density at radius 1 is 1.10 bits per heavy atom. The summed E-state index contributed by atoms with van der Waals surface area (Å²) in [7, 11) is 1.56. The van der Waals surface area contributed by atoms with E-state index in [0.717, 1.165) is 0 Å². The van der Waals surface area contributed by atoms with E-state index in [1.165, 1.54) is 6.33 Å². The molecule has 0 atom stereocenters. The molecule has 0 aliphatic heterocycles. The first-order valence-corrected chi connectivity index (χ1v) is 6.79. The Kier molecular flexibility index (Phi) is 7.67. The largest absolute Gasteiger partial charge is 0.490 e. The van der Waals surface area contributed by atoms with Crippen LogP contribution in [0.15, 0.2) is 6.33 Å². The zero-order valence-corrected chi connectivity index (χ0v) is 12.5. The average Bonchev–Trinajstić information content (AvgIpc) is 2.46. The third-order valence-electron chi connectivity index (χ3n) is 2.74. The molecule has 1 aromatic heterocycles. The van der Waals surface area contributed by atoms with Gasteiger partial charge in [0.25, 0.3) is 0 Å². The summed E-state index contributed by atoms with van der Waals surface area (Å²) < 4.78 is 16.1. The molecular formula is C13H24N4O3. The molecule has 7 nitrogen and oxygen atoms in total. The molecule has 0 amide bonds. The fraction of sp³-hybridized carbons (Fsp3) is 0.692. The van der Waals surface area contributed by atoms with Crippen LogP contribution >= 0.6 is 0 Å². The number of nitrogen functional groups attached to an aromatic ring is 1. The number of ether oxygens (including phenoxy) is 3. The Hall–Kier alpha value is -1.60. The van der Waals surface area contributed by atoms with Gasteiger partial charge in [0.1, 0.15) is 6.33 Å². The van der Waals surface area contributed by atoms with Crippen molar-refractivity contribution in [2.45, 2.75) is 13.8 Å². The normalized spacial score (nSPS) is 10.6. The number of aromatic nitrogens is 2. The first-order chi connectivity index (χ1) is 9.74. The molecule has 0 saturated carbocycles. The molecule has 0 radical (unpaired) electrons. The molecule has 0 aromatic carbocycles. The molecule has 2 N–H and O–H groups in total. The van der Waals surface area contributed by atoms with Crippen molar-refractivity contribution in [2.75, 3.05) is 57.3 Å². The molecule has 0 fully saturated rings. The highest BCUT2D eigenvalue weighted by Crippen LogP contribution is 2.29. The Balaban J connectivity index is 2.81. The van der Waals surface area contributed by atoms with E-state index in [-0.39, 0.29) is 0 Å². The second kappa shape index (κ2) is 9.33. The second-order valence-corrected chi connectivity index (χ2v) is 4.00. The summed E-state index contributed by atoms with van der Waals surface area (Å²) in [5, 5.41) is 0. The molecule has 114 valence electrons. The van der Waals surface area contributed by atoms with Gasteiger partial charge < -0.3 is 24.8 Å². The van der Waals surface area contributed by atoms with Crippen LogP contribution < -0.4 is 15.4 Å². The Bertz CT molecular complexity index is 380. The van der Waals surface area contributed by atoms with Crippen LogP contribution in [-0.2, 0) is 9.47 Å². The van der Waals surface area contributed by atoms with E-state index in [9.17, 15) is 0 Å². The van der Waals surface area contributed by atoms with Crippen molar-refractivity contribution in [2.24, 2.45) is 0 Å². The van der Waals surface area contributed by atoms with Gasteiger partial charge in [-0.15, -0.1) is 0 Å². The van der Waals surface area contributed by atoms with Gasteiger partial charge in [0.05, 0.1) is 20.3 Å². The van der Waals surface area contributed by atoms with Crippen LogP contribution in [0.5, 0.6) is 5.75 Å². The second-order valence-electron chi connectivity index (χ2n) is 4.00. The van der Waals surface area contributed by atoms with Gasteiger partial charge >= 0.3 is 0 Å². The maximum Gasteiger partial charge on any atom is 0.204 e. The fourth-order valence-electron chi connectivity index (χ4n) is 1.76. The predicted octanol–water partition coefficient (Wildman–Crippen LogP) is 0.947. The Labute approximate surface area is 120 Å². The minimum atomic E-state index is 0.329. The number of hydrogen-bond donors (Lipinski definition) is 1. The van der Waals surface area contributed by atoms with Gasteiger partial charge in [-0.05, 0) is 13.8 Å². The smallest absolute Gasteiger partial charge is 0.204 e. The molecule has 0 aliphatic rings. The average molecular weight is 284 g/mol. The van der Waals surface area contributed by atoms with Crippen LogP contribution in [0.25, 0.3) is 0 Å². The van der Waals surface area contributed by atoms with Crippen molar-refractivity contribution in [3.8, 4) is 5.75 Å². The first-order valence-electron chi connectivity index (χ1n) is 6.79. The lowest BCUT2D eigenvalue weighted by Crippen LogP contribution is -2.32. The van der Waals surface area contributed by atoms with Gasteiger partial charge in [0, 0.05) is 26.3 Å². The van der Waals surface area contributed by atoms with Gasteiger partial charge in [-0.25, -0.2) is 9.97 Å². The van der Waals surface area contributed by atoms with Crippen molar-refractivity contribution in [3.63, 3.8) is 0 Å². The van der Waals surface area contributed by atoms with E-state index in [0.29, 0.717) is 56.9 Å². The number of rotatable bonds is 10. The molecule has 0 saturated heterocycles. The zero-order valence-electron chi connectivity index (χ0n) is 12.5. The lowest BCUT2D eigenvalue weighted by molar-refractivity contribution is 0.141. The number of hydrogen-bond acceptors (Lipinski definition) is 7. The van der Waals surface area contributed by atoms with Crippen LogP contribution in [0.4, 0.5) is 11.6 Å². The maximum atomic E-state index is 5.81. The quantitative estimate of drug-likeness (QED) is 0.640. The van der Waals surface area contributed by atoms with E-state index in [1.54, 1.807) is 7.11 Å². The van der Waals surface area contributed by atoms with Crippen molar-refractivity contribution >= 4 is 11.6 Å². The topological polar surface area (TPSA) is 82.7 Å². The standard InChI is InChI=1S/C13H24N4O3/c1-4-19-8-6-17(7-9-20-5-2)13-11(18-3)12(14)15-10-16-13/h10H,4-9H2,1-3H3,(H2,14,15,16). The molecule has 1 rings (SSSR count). The van der Waals surface area contributed by atoms with Crippen molar-refractivity contribution in [1.29, 1.82) is 0 Å². The number of anilines is 2. The van der Waals surface area contributed by atoms with E-state index in [4.69, 9.17) is 19.9 Å². The highest BCUT2D eigenvalue weighted by Gasteiger charge is 2.16. The first kappa shape index (κ1) is 16.5. The molecule has 0 bridgehead atoms. The monoisotopic (exact) mass is 284 g/mol. The van der Waals surface area contributed by atoms with E-state index in [2.05, 4.69) is 9.97 Å². The van der Waals surface area contributed by atoms with Gasteiger partial charge in [-0.1, -0.05) is 0 Å². The number of methoxy groups -OCH3 is 1. The highest BCUT2D eigenvalue weighted by molar-refractivity contribution is 5.62. The van der Waals surface area contributed by atoms with E-state index < -0.39 is 0 Å². The third-order valence-corrected chi connectivity index (χ3v) is 2.74. The molecule has 0 unspecified atom stereocenters. The molecule has 20 heavy (non-hydrogen) atoms. The predicted molar refractivity (Wildman–Crippen MR) is 78.2 cm³/mol. The Morgan fingerprint density at radius 2 is 1.70 bits per heavy atom. The zero-order chi connectivity index (χ0) is 14.8. The van der Waals surface area contributed by atoms with E-state index >= 15 is 0 Å². The molecule has 0 aliphatic carbocycles. The van der Waals surface area contributed by atoms with Gasteiger partial charge in [-0.2, -0.15) is 0 Å². The van der Waals surface area contributed by atoms with Crippen molar-refractivity contribution in [1.82, 2.24) is 9.97 Å². The fourth-order valence-corrected chi connectivity index (χ4v) is 1.76. The number of nitrogens with two attached hydrogens (primary N) is 1. The van der Waals surface area contributed by atoms with E-state index in [1.807, 2.05) is 18.7 Å². The molecule has 0 spiro atoms. The summed E-state index contributed by atoms with van der Waals surface area (Å²) in [4.78, 5) is 10.2. The lowest BCUT2D eigenvalue weighted by Gasteiger charge is -2.25.